The number of nitrogens with zero attached hydrogens (tertiary/aromatic N) is 1. The first-order valence-corrected chi connectivity index (χ1v) is 13.2. The number of aliphatic hydroxyl groups is 1. The maximum absolute atomic E-state index is 13.2. The van der Waals surface area contributed by atoms with Crippen LogP contribution in [0.5, 0.6) is 0 Å². The number of benzene rings is 3. The second kappa shape index (κ2) is 11.6. The molecule has 3 aromatic carbocycles. The molecule has 7 nitrogen and oxygen atoms in total. The minimum absolute atomic E-state index is 0.227. The van der Waals surface area contributed by atoms with Crippen molar-refractivity contribution in [2.24, 2.45) is 5.92 Å². The lowest BCUT2D eigenvalue weighted by Crippen LogP contribution is -2.34. The summed E-state index contributed by atoms with van der Waals surface area (Å²) < 4.78 is 5.12. The number of hydrogen-bond acceptors (Lipinski definition) is 6. The number of ether oxygens (including phenoxy) is 1. The third-order valence-electron chi connectivity index (χ3n) is 7.18. The van der Waals surface area contributed by atoms with Crippen molar-refractivity contribution in [2.45, 2.75) is 26.3 Å². The molecule has 0 spiro atoms. The Balaban J connectivity index is 1.41. The molecule has 0 saturated carbocycles. The van der Waals surface area contributed by atoms with Crippen LogP contribution >= 0.6 is 0 Å². The summed E-state index contributed by atoms with van der Waals surface area (Å²) in [6.07, 6.45) is 2.07. The van der Waals surface area contributed by atoms with Crippen molar-refractivity contribution in [3.63, 3.8) is 0 Å². The molecule has 7 heteroatoms. The van der Waals surface area contributed by atoms with Crippen LogP contribution in [0.1, 0.15) is 46.8 Å². The quantitative estimate of drug-likeness (QED) is 0.291. The van der Waals surface area contributed by atoms with Crippen LogP contribution in [0.15, 0.2) is 72.8 Å². The van der Waals surface area contributed by atoms with Crippen LogP contribution in [0, 0.1) is 5.92 Å². The Kier molecular flexibility index (Phi) is 7.86. The number of likely N-dealkylation sites (tertiary alicyclic amines) is 1. The van der Waals surface area contributed by atoms with Gasteiger partial charge in [0, 0.05) is 24.4 Å². The smallest absolute Gasteiger partial charge is 0.338 e. The van der Waals surface area contributed by atoms with Crippen LogP contribution in [-0.2, 0) is 16.1 Å². The molecule has 1 saturated heterocycles. The number of aliphatic hydroxyl groups excluding tert-OH is 1. The lowest BCUT2D eigenvalue weighted by atomic mass is 9.97. The second-order valence-corrected chi connectivity index (χ2v) is 9.78. The number of esters is 1. The molecule has 3 N–H and O–H groups in total. The minimum Gasteiger partial charge on any atom is -0.462 e. The summed E-state index contributed by atoms with van der Waals surface area (Å²) in [5.74, 6) is -0.214. The van der Waals surface area contributed by atoms with Gasteiger partial charge in [0.15, 0.2) is 0 Å². The highest BCUT2D eigenvalue weighted by Gasteiger charge is 2.29. The van der Waals surface area contributed by atoms with Gasteiger partial charge in [-0.2, -0.15) is 0 Å². The summed E-state index contributed by atoms with van der Waals surface area (Å²) in [7, 11) is 0. The Labute approximate surface area is 223 Å². The fourth-order valence-corrected chi connectivity index (χ4v) is 5.07. The van der Waals surface area contributed by atoms with Gasteiger partial charge in [0.1, 0.15) is 0 Å². The van der Waals surface area contributed by atoms with E-state index in [9.17, 15) is 14.7 Å². The van der Waals surface area contributed by atoms with Crippen molar-refractivity contribution in [2.75, 3.05) is 36.9 Å². The molecule has 0 aromatic heterocycles. The first-order chi connectivity index (χ1) is 18.6. The van der Waals surface area contributed by atoms with E-state index in [4.69, 9.17) is 4.74 Å². The summed E-state index contributed by atoms with van der Waals surface area (Å²) in [4.78, 5) is 27.9. The van der Waals surface area contributed by atoms with E-state index in [-0.39, 0.29) is 19.1 Å². The zero-order valence-electron chi connectivity index (χ0n) is 21.6. The number of fused-ring (bicyclic) bond motifs is 1. The van der Waals surface area contributed by atoms with E-state index >= 15 is 0 Å². The number of carbonyl (C=O) groups is 2. The number of rotatable bonds is 8. The number of nitrogens with one attached hydrogen (secondary N) is 2. The van der Waals surface area contributed by atoms with Crippen molar-refractivity contribution in [1.82, 2.24) is 4.90 Å². The largest absolute Gasteiger partial charge is 0.462 e. The molecule has 1 fully saturated rings. The first-order valence-electron chi connectivity index (χ1n) is 13.2. The fraction of sp³-hybridized carbons (Fsp3) is 0.290. The summed E-state index contributed by atoms with van der Waals surface area (Å²) in [5, 5.41) is 15.8. The maximum Gasteiger partial charge on any atom is 0.338 e. The molecule has 0 bridgehead atoms. The van der Waals surface area contributed by atoms with E-state index in [1.165, 1.54) is 5.56 Å². The van der Waals surface area contributed by atoms with Crippen molar-refractivity contribution in [3.05, 3.63) is 95.1 Å². The lowest BCUT2D eigenvalue weighted by molar-refractivity contribution is -0.110. The molecule has 2 aliphatic heterocycles. The van der Waals surface area contributed by atoms with Gasteiger partial charge in [-0.25, -0.2) is 4.79 Å². The molecule has 1 amide bonds. The Morgan fingerprint density at radius 3 is 2.45 bits per heavy atom. The predicted molar refractivity (Wildman–Crippen MR) is 149 cm³/mol. The number of anilines is 2. The van der Waals surface area contributed by atoms with E-state index in [1.807, 2.05) is 42.5 Å². The third kappa shape index (κ3) is 5.64. The lowest BCUT2D eigenvalue weighted by Gasteiger charge is -2.31. The van der Waals surface area contributed by atoms with Crippen molar-refractivity contribution in [1.29, 1.82) is 0 Å². The Hall–Kier alpha value is -3.94. The molecule has 5 rings (SSSR count). The van der Waals surface area contributed by atoms with Gasteiger partial charge in [0.2, 0.25) is 0 Å². The molecule has 2 aliphatic rings. The van der Waals surface area contributed by atoms with Crippen molar-refractivity contribution in [3.8, 4) is 0 Å². The van der Waals surface area contributed by atoms with Gasteiger partial charge >= 0.3 is 5.97 Å². The predicted octanol–water partition coefficient (Wildman–Crippen LogP) is 5.00. The standard InChI is InChI=1S/C31H33N3O4/c1-2-38-31(37)24-10-13-26-27(18-24)33-30(36)28(26)29(23-6-4-3-5-7-23)32-25-11-8-21(9-12-25)19-34-16-14-22(20-35)15-17-34/h3-13,18,22,32,35H,2,14-17,19-20H2,1H3,(H,33,36). The molecule has 0 unspecified atom stereocenters. The molecule has 3 aromatic rings. The molecule has 0 aliphatic carbocycles. The normalized spacial score (nSPS) is 17.1. The Morgan fingerprint density at radius 1 is 1.03 bits per heavy atom. The van der Waals surface area contributed by atoms with Gasteiger partial charge in [-0.1, -0.05) is 48.5 Å². The van der Waals surface area contributed by atoms with Gasteiger partial charge in [0.05, 0.1) is 29.1 Å². The highest BCUT2D eigenvalue weighted by molar-refractivity contribution is 6.37. The SMILES string of the molecule is CCOC(=O)c1ccc2c(c1)NC(=O)C2=C(Nc1ccc(CN2CCC(CO)CC2)cc1)c1ccccc1. The number of carbonyl (C=O) groups excluding carboxylic acids is 2. The Bertz CT molecular complexity index is 1330. The number of hydrogen-bond donors (Lipinski definition) is 3. The fourth-order valence-electron chi connectivity index (χ4n) is 5.07. The summed E-state index contributed by atoms with van der Waals surface area (Å²) >= 11 is 0. The van der Waals surface area contributed by atoms with Gasteiger partial charge in [-0.15, -0.1) is 0 Å². The van der Waals surface area contributed by atoms with Gasteiger partial charge in [0.25, 0.3) is 5.91 Å². The molecule has 0 radical (unpaired) electrons. The molecular formula is C31H33N3O4. The zero-order chi connectivity index (χ0) is 26.5. The summed E-state index contributed by atoms with van der Waals surface area (Å²) in [6, 6.07) is 23.2. The minimum atomic E-state index is -0.416. The monoisotopic (exact) mass is 511 g/mol. The zero-order valence-corrected chi connectivity index (χ0v) is 21.6. The summed E-state index contributed by atoms with van der Waals surface area (Å²) in [6.45, 7) is 5.21. The Morgan fingerprint density at radius 2 is 1.76 bits per heavy atom. The maximum atomic E-state index is 13.2. The molecule has 2 heterocycles. The van der Waals surface area contributed by atoms with Crippen LogP contribution in [0.3, 0.4) is 0 Å². The highest BCUT2D eigenvalue weighted by Crippen LogP contribution is 2.38. The van der Waals surface area contributed by atoms with Gasteiger partial charge < -0.3 is 20.5 Å². The van der Waals surface area contributed by atoms with E-state index in [0.717, 1.165) is 49.3 Å². The highest BCUT2D eigenvalue weighted by atomic mass is 16.5. The summed E-state index contributed by atoms with van der Waals surface area (Å²) in [5.41, 5.74) is 5.93. The van der Waals surface area contributed by atoms with Crippen molar-refractivity contribution < 1.29 is 19.4 Å². The third-order valence-corrected chi connectivity index (χ3v) is 7.18. The molecular weight excluding hydrogens is 478 g/mol. The van der Waals surface area contributed by atoms with E-state index in [2.05, 4.69) is 27.7 Å². The van der Waals surface area contributed by atoms with Crippen LogP contribution in [0.25, 0.3) is 11.3 Å². The average Bonchev–Trinajstić information content (AvgIpc) is 3.28. The molecule has 38 heavy (non-hydrogen) atoms. The van der Waals surface area contributed by atoms with E-state index in [0.29, 0.717) is 28.4 Å². The van der Waals surface area contributed by atoms with E-state index in [1.54, 1.807) is 25.1 Å². The van der Waals surface area contributed by atoms with Crippen molar-refractivity contribution >= 4 is 34.5 Å². The number of piperidine rings is 1. The van der Waals surface area contributed by atoms with Gasteiger partial charge in [-0.05, 0) is 74.2 Å². The van der Waals surface area contributed by atoms with Crippen LogP contribution in [-0.4, -0.2) is 48.2 Å². The van der Waals surface area contributed by atoms with Crippen LogP contribution in [0.2, 0.25) is 0 Å². The molecule has 0 atom stereocenters. The van der Waals surface area contributed by atoms with Gasteiger partial charge in [-0.3, -0.25) is 9.69 Å². The average molecular weight is 512 g/mol. The van der Waals surface area contributed by atoms with E-state index < -0.39 is 5.97 Å². The number of amides is 1. The second-order valence-electron chi connectivity index (χ2n) is 9.78. The van der Waals surface area contributed by atoms with Crippen LogP contribution < -0.4 is 10.6 Å². The van der Waals surface area contributed by atoms with Crippen LogP contribution in [0.4, 0.5) is 11.4 Å². The first kappa shape index (κ1) is 25.7. The molecule has 196 valence electrons. The topological polar surface area (TPSA) is 90.9 Å².